The van der Waals surface area contributed by atoms with Crippen LogP contribution < -0.4 is 0 Å². The van der Waals surface area contributed by atoms with Gasteiger partial charge < -0.3 is 10.1 Å². The number of aromatic amines is 1. The second-order valence-electron chi connectivity index (χ2n) is 9.16. The first-order valence-electron chi connectivity index (χ1n) is 9.03. The van der Waals surface area contributed by atoms with Gasteiger partial charge in [0.25, 0.3) is 10.1 Å². The van der Waals surface area contributed by atoms with E-state index in [9.17, 15) is 18.1 Å². The van der Waals surface area contributed by atoms with E-state index in [2.05, 4.69) is 30.7 Å². The van der Waals surface area contributed by atoms with Gasteiger partial charge in [0.2, 0.25) is 0 Å². The predicted octanol–water partition coefficient (Wildman–Crippen LogP) is 4.78. The van der Waals surface area contributed by atoms with E-state index >= 15 is 0 Å². The van der Waals surface area contributed by atoms with Gasteiger partial charge >= 0.3 is 0 Å². The summed E-state index contributed by atoms with van der Waals surface area (Å²) >= 11 is 0. The SMILES string of the molecule is CC(C)(C)c1cc(-c2nc3ccc(S(=O)(=O)O)cc3[nH]2)c(O)c(C(C)(C)C)c1. The Balaban J connectivity index is 2.28. The molecule has 1 heterocycles. The zero-order valence-corrected chi connectivity index (χ0v) is 17.8. The highest BCUT2D eigenvalue weighted by molar-refractivity contribution is 7.85. The number of hydrogen-bond donors (Lipinski definition) is 3. The van der Waals surface area contributed by atoms with Crippen LogP contribution in [0.2, 0.25) is 0 Å². The average Bonchev–Trinajstić information content (AvgIpc) is 2.94. The van der Waals surface area contributed by atoms with Gasteiger partial charge in [-0.2, -0.15) is 8.42 Å². The molecule has 0 aliphatic rings. The molecule has 0 fully saturated rings. The molecule has 28 heavy (non-hydrogen) atoms. The summed E-state index contributed by atoms with van der Waals surface area (Å²) in [7, 11) is -4.31. The first-order chi connectivity index (χ1) is 12.7. The summed E-state index contributed by atoms with van der Waals surface area (Å²) < 4.78 is 32.1. The lowest BCUT2D eigenvalue weighted by molar-refractivity contribution is 0.446. The van der Waals surface area contributed by atoms with E-state index in [0.717, 1.165) is 11.1 Å². The monoisotopic (exact) mass is 402 g/mol. The molecule has 0 saturated heterocycles. The standard InChI is InChI=1S/C21H26N2O4S/c1-20(2,3)12-9-14(18(24)15(10-12)21(4,5)6)19-22-16-8-7-13(28(25,26)27)11-17(16)23-19/h7-11,24H,1-6H3,(H,22,23)(H,25,26,27). The Morgan fingerprint density at radius 1 is 0.964 bits per heavy atom. The van der Waals surface area contributed by atoms with Gasteiger partial charge in [0, 0.05) is 5.56 Å². The van der Waals surface area contributed by atoms with Crippen molar-refractivity contribution in [2.24, 2.45) is 0 Å². The lowest BCUT2D eigenvalue weighted by atomic mass is 9.79. The molecule has 3 N–H and O–H groups in total. The van der Waals surface area contributed by atoms with Crippen LogP contribution in [0.5, 0.6) is 5.75 Å². The number of phenolic OH excluding ortho intramolecular Hbond substituents is 1. The lowest BCUT2D eigenvalue weighted by Crippen LogP contribution is -2.17. The molecule has 0 aliphatic carbocycles. The molecule has 3 aromatic rings. The molecule has 0 bridgehead atoms. The molecule has 1 aromatic heterocycles. The van der Waals surface area contributed by atoms with Crippen LogP contribution in [-0.2, 0) is 20.9 Å². The normalized spacial score (nSPS) is 13.2. The Morgan fingerprint density at radius 3 is 2.14 bits per heavy atom. The molecule has 0 amide bonds. The molecule has 7 heteroatoms. The summed E-state index contributed by atoms with van der Waals surface area (Å²) in [5.74, 6) is 0.589. The van der Waals surface area contributed by atoms with Crippen molar-refractivity contribution < 1.29 is 18.1 Å². The Labute approximate surface area is 165 Å². The van der Waals surface area contributed by atoms with Crippen LogP contribution in [0.4, 0.5) is 0 Å². The summed E-state index contributed by atoms with van der Waals surface area (Å²) in [6, 6.07) is 8.09. The third-order valence-corrected chi connectivity index (χ3v) is 5.64. The number of aromatic nitrogens is 2. The van der Waals surface area contributed by atoms with Crippen molar-refractivity contribution in [3.05, 3.63) is 41.5 Å². The maximum Gasteiger partial charge on any atom is 0.294 e. The highest BCUT2D eigenvalue weighted by Crippen LogP contribution is 2.41. The van der Waals surface area contributed by atoms with Crippen LogP contribution in [0.1, 0.15) is 52.7 Å². The third kappa shape index (κ3) is 3.77. The summed E-state index contributed by atoms with van der Waals surface area (Å²) in [4.78, 5) is 7.39. The number of H-pyrrole nitrogens is 1. The minimum absolute atomic E-state index is 0.132. The number of phenols is 1. The molecule has 0 aliphatic heterocycles. The van der Waals surface area contributed by atoms with E-state index in [-0.39, 0.29) is 21.5 Å². The van der Waals surface area contributed by atoms with E-state index in [4.69, 9.17) is 0 Å². The van der Waals surface area contributed by atoms with Crippen LogP contribution in [0.25, 0.3) is 22.4 Å². The van der Waals surface area contributed by atoms with Crippen molar-refractivity contribution in [2.45, 2.75) is 57.3 Å². The van der Waals surface area contributed by atoms with Crippen molar-refractivity contribution in [3.8, 4) is 17.1 Å². The van der Waals surface area contributed by atoms with Gasteiger partial charge in [0.05, 0.1) is 21.5 Å². The van der Waals surface area contributed by atoms with Crippen molar-refractivity contribution in [2.75, 3.05) is 0 Å². The maximum atomic E-state index is 11.4. The van der Waals surface area contributed by atoms with E-state index in [1.165, 1.54) is 18.2 Å². The second-order valence-corrected chi connectivity index (χ2v) is 10.6. The van der Waals surface area contributed by atoms with Gasteiger partial charge in [-0.15, -0.1) is 0 Å². The van der Waals surface area contributed by atoms with Gasteiger partial charge in [-0.05, 0) is 40.7 Å². The smallest absolute Gasteiger partial charge is 0.294 e. The third-order valence-electron chi connectivity index (χ3n) is 4.79. The van der Waals surface area contributed by atoms with E-state index in [1.54, 1.807) is 0 Å². The quantitative estimate of drug-likeness (QED) is 0.535. The van der Waals surface area contributed by atoms with E-state index in [0.29, 0.717) is 22.4 Å². The molecule has 150 valence electrons. The topological polar surface area (TPSA) is 103 Å². The molecular weight excluding hydrogens is 376 g/mol. The molecule has 6 nitrogen and oxygen atoms in total. The molecule has 0 spiro atoms. The van der Waals surface area contributed by atoms with Crippen LogP contribution >= 0.6 is 0 Å². The highest BCUT2D eigenvalue weighted by Gasteiger charge is 2.26. The van der Waals surface area contributed by atoms with Gasteiger partial charge in [-0.3, -0.25) is 4.55 Å². The minimum atomic E-state index is -4.31. The largest absolute Gasteiger partial charge is 0.507 e. The zero-order valence-electron chi connectivity index (χ0n) is 17.0. The number of imidazole rings is 1. The summed E-state index contributed by atoms with van der Waals surface area (Å²) in [5.41, 5.74) is 3.03. The van der Waals surface area contributed by atoms with E-state index in [1.807, 2.05) is 32.9 Å². The number of rotatable bonds is 2. The number of benzene rings is 2. The van der Waals surface area contributed by atoms with Crippen LogP contribution in [0.3, 0.4) is 0 Å². The lowest BCUT2D eigenvalue weighted by Gasteiger charge is -2.27. The van der Waals surface area contributed by atoms with Crippen molar-refractivity contribution in [1.82, 2.24) is 9.97 Å². The molecule has 2 aromatic carbocycles. The zero-order chi connectivity index (χ0) is 21.1. The fraction of sp³-hybridized carbons (Fsp3) is 0.381. The van der Waals surface area contributed by atoms with Crippen molar-refractivity contribution >= 4 is 21.2 Å². The first-order valence-corrected chi connectivity index (χ1v) is 10.5. The number of aromatic hydroxyl groups is 1. The Hall–Kier alpha value is -2.38. The van der Waals surface area contributed by atoms with Crippen molar-refractivity contribution in [1.29, 1.82) is 0 Å². The van der Waals surface area contributed by atoms with Gasteiger partial charge in [-0.25, -0.2) is 4.98 Å². The highest BCUT2D eigenvalue weighted by atomic mass is 32.2. The molecule has 0 unspecified atom stereocenters. The summed E-state index contributed by atoms with van der Waals surface area (Å²) in [5, 5.41) is 11.0. The van der Waals surface area contributed by atoms with Crippen LogP contribution in [0.15, 0.2) is 35.2 Å². The fourth-order valence-electron chi connectivity index (χ4n) is 3.10. The molecule has 0 radical (unpaired) electrons. The summed E-state index contributed by atoms with van der Waals surface area (Å²) in [6.07, 6.45) is 0. The molecular formula is C21H26N2O4S. The van der Waals surface area contributed by atoms with Gasteiger partial charge in [-0.1, -0.05) is 47.6 Å². The average molecular weight is 403 g/mol. The fourth-order valence-corrected chi connectivity index (χ4v) is 3.60. The predicted molar refractivity (Wildman–Crippen MR) is 110 cm³/mol. The Kier molecular flexibility index (Phi) is 4.59. The first kappa shape index (κ1) is 20.4. The number of fused-ring (bicyclic) bond motifs is 1. The van der Waals surface area contributed by atoms with E-state index < -0.39 is 10.1 Å². The maximum absolute atomic E-state index is 11.4. The van der Waals surface area contributed by atoms with Crippen molar-refractivity contribution in [3.63, 3.8) is 0 Å². The second kappa shape index (κ2) is 6.32. The minimum Gasteiger partial charge on any atom is -0.507 e. The Bertz CT molecular complexity index is 1160. The Morgan fingerprint density at radius 2 is 1.61 bits per heavy atom. The summed E-state index contributed by atoms with van der Waals surface area (Å²) in [6.45, 7) is 12.4. The van der Waals surface area contributed by atoms with Crippen LogP contribution in [0, 0.1) is 0 Å². The number of nitrogens with zero attached hydrogens (tertiary/aromatic N) is 1. The number of nitrogens with one attached hydrogen (secondary N) is 1. The molecule has 0 atom stereocenters. The van der Waals surface area contributed by atoms with Gasteiger partial charge in [0.15, 0.2) is 0 Å². The van der Waals surface area contributed by atoms with Gasteiger partial charge in [0.1, 0.15) is 11.6 Å². The van der Waals surface area contributed by atoms with Crippen LogP contribution in [-0.4, -0.2) is 28.0 Å². The molecule has 3 rings (SSSR count). The molecule has 0 saturated carbocycles. The number of hydrogen-bond acceptors (Lipinski definition) is 4.